The molecule has 0 saturated heterocycles. The smallest absolute Gasteiger partial charge is 0.256 e. The molecular weight excluding hydrogens is 232 g/mol. The maximum absolute atomic E-state index is 11.9. The van der Waals surface area contributed by atoms with Gasteiger partial charge in [-0.3, -0.25) is 14.6 Å². The van der Waals surface area contributed by atoms with E-state index in [9.17, 15) is 4.79 Å². The first-order chi connectivity index (χ1) is 8.58. The van der Waals surface area contributed by atoms with Gasteiger partial charge in [0.25, 0.3) is 5.91 Å². The van der Waals surface area contributed by atoms with Gasteiger partial charge in [0, 0.05) is 31.9 Å². The molecule has 0 aliphatic carbocycles. The van der Waals surface area contributed by atoms with E-state index in [0.29, 0.717) is 24.2 Å². The highest BCUT2D eigenvalue weighted by Gasteiger charge is 2.15. The van der Waals surface area contributed by atoms with Crippen LogP contribution in [0.15, 0.2) is 12.3 Å². The van der Waals surface area contributed by atoms with E-state index in [4.69, 9.17) is 5.73 Å². The maximum atomic E-state index is 11.9. The van der Waals surface area contributed by atoms with Gasteiger partial charge in [-0.2, -0.15) is 10.2 Å². The number of amides is 1. The number of carbonyl (C=O) groups is 1. The van der Waals surface area contributed by atoms with Gasteiger partial charge < -0.3 is 11.1 Å². The summed E-state index contributed by atoms with van der Waals surface area (Å²) in [5.41, 5.74) is 7.63. The lowest BCUT2D eigenvalue weighted by atomic mass is 10.2. The normalized spacial score (nSPS) is 10.6. The highest BCUT2D eigenvalue weighted by Crippen LogP contribution is 2.11. The number of hydrogen-bond acceptors (Lipinski definition) is 4. The van der Waals surface area contributed by atoms with Crippen molar-refractivity contribution in [1.82, 2.24) is 25.3 Å². The first-order valence-electron chi connectivity index (χ1n) is 5.65. The molecule has 0 saturated carbocycles. The van der Waals surface area contributed by atoms with Crippen LogP contribution in [-0.2, 0) is 13.5 Å². The molecule has 0 radical (unpaired) electrons. The highest BCUT2D eigenvalue weighted by atomic mass is 16.1. The van der Waals surface area contributed by atoms with Crippen molar-refractivity contribution >= 4 is 11.7 Å². The quantitative estimate of drug-likeness (QED) is 0.709. The molecule has 0 spiro atoms. The Hall–Kier alpha value is -2.31. The number of rotatable bonds is 4. The predicted molar refractivity (Wildman–Crippen MR) is 67.0 cm³/mol. The Morgan fingerprint density at radius 1 is 1.61 bits per heavy atom. The second kappa shape index (κ2) is 4.91. The fourth-order valence-electron chi connectivity index (χ4n) is 1.72. The van der Waals surface area contributed by atoms with Gasteiger partial charge in [-0.15, -0.1) is 0 Å². The summed E-state index contributed by atoms with van der Waals surface area (Å²) in [6.45, 7) is 2.27. The van der Waals surface area contributed by atoms with Crippen LogP contribution < -0.4 is 11.1 Å². The molecule has 96 valence electrons. The maximum Gasteiger partial charge on any atom is 0.256 e. The van der Waals surface area contributed by atoms with Gasteiger partial charge in [0.2, 0.25) is 0 Å². The molecular formula is C11H16N6O. The lowest BCUT2D eigenvalue weighted by Crippen LogP contribution is -2.26. The molecule has 2 aromatic heterocycles. The lowest BCUT2D eigenvalue weighted by molar-refractivity contribution is 0.0954. The summed E-state index contributed by atoms with van der Waals surface area (Å²) >= 11 is 0. The third kappa shape index (κ3) is 2.50. The number of H-pyrrole nitrogens is 1. The van der Waals surface area contributed by atoms with Crippen LogP contribution in [0.4, 0.5) is 5.82 Å². The van der Waals surface area contributed by atoms with Crippen LogP contribution in [0.5, 0.6) is 0 Å². The number of anilines is 1. The number of aryl methyl sites for hydroxylation is 2. The number of nitrogens with one attached hydrogen (secondary N) is 2. The van der Waals surface area contributed by atoms with Crippen molar-refractivity contribution in [2.24, 2.45) is 7.05 Å². The topological polar surface area (TPSA) is 102 Å². The minimum atomic E-state index is -0.213. The summed E-state index contributed by atoms with van der Waals surface area (Å²) in [5, 5.41) is 13.5. The van der Waals surface area contributed by atoms with Gasteiger partial charge in [-0.1, -0.05) is 0 Å². The Morgan fingerprint density at radius 3 is 2.94 bits per heavy atom. The van der Waals surface area contributed by atoms with Crippen molar-refractivity contribution in [3.8, 4) is 0 Å². The molecule has 4 N–H and O–H groups in total. The fourth-order valence-corrected chi connectivity index (χ4v) is 1.72. The van der Waals surface area contributed by atoms with Crippen molar-refractivity contribution in [2.75, 3.05) is 12.3 Å². The number of aromatic nitrogens is 4. The third-order valence-electron chi connectivity index (χ3n) is 2.64. The summed E-state index contributed by atoms with van der Waals surface area (Å²) in [4.78, 5) is 11.9. The molecule has 2 rings (SSSR count). The van der Waals surface area contributed by atoms with E-state index >= 15 is 0 Å². The van der Waals surface area contributed by atoms with Crippen LogP contribution in [0.1, 0.15) is 21.7 Å². The van der Waals surface area contributed by atoms with Gasteiger partial charge in [-0.05, 0) is 13.0 Å². The zero-order valence-electron chi connectivity index (χ0n) is 10.4. The summed E-state index contributed by atoms with van der Waals surface area (Å²) < 4.78 is 1.73. The van der Waals surface area contributed by atoms with Crippen LogP contribution in [0, 0.1) is 6.92 Å². The largest absolute Gasteiger partial charge is 0.382 e. The van der Waals surface area contributed by atoms with E-state index in [1.165, 1.54) is 0 Å². The SMILES string of the molecule is Cc1[nH]nc(N)c1C(=O)NCCc1ccn(C)n1. The number of nitrogens with zero attached hydrogens (tertiary/aromatic N) is 3. The molecule has 0 fully saturated rings. The minimum Gasteiger partial charge on any atom is -0.382 e. The summed E-state index contributed by atoms with van der Waals surface area (Å²) in [6.07, 6.45) is 2.55. The molecule has 0 unspecified atom stereocenters. The molecule has 0 aliphatic heterocycles. The van der Waals surface area contributed by atoms with Crippen LogP contribution >= 0.6 is 0 Å². The average molecular weight is 248 g/mol. The monoisotopic (exact) mass is 248 g/mol. The minimum absolute atomic E-state index is 0.213. The van der Waals surface area contributed by atoms with Crippen molar-refractivity contribution < 1.29 is 4.79 Å². The summed E-state index contributed by atoms with van der Waals surface area (Å²) in [5.74, 6) is 0.0116. The number of nitrogens with two attached hydrogens (primary N) is 1. The summed E-state index contributed by atoms with van der Waals surface area (Å²) in [7, 11) is 1.86. The zero-order valence-corrected chi connectivity index (χ0v) is 10.4. The van der Waals surface area contributed by atoms with Crippen LogP contribution in [0.2, 0.25) is 0 Å². The Balaban J connectivity index is 1.89. The van der Waals surface area contributed by atoms with Crippen LogP contribution in [0.25, 0.3) is 0 Å². The predicted octanol–water partition coefficient (Wildman–Crippen LogP) is 0.00632. The van der Waals surface area contributed by atoms with E-state index in [1.807, 2.05) is 19.3 Å². The molecule has 7 nitrogen and oxygen atoms in total. The first-order valence-corrected chi connectivity index (χ1v) is 5.65. The number of carbonyl (C=O) groups excluding carboxylic acids is 1. The van der Waals surface area contributed by atoms with E-state index < -0.39 is 0 Å². The van der Waals surface area contributed by atoms with E-state index in [2.05, 4.69) is 20.6 Å². The van der Waals surface area contributed by atoms with Gasteiger partial charge in [0.05, 0.1) is 5.69 Å². The van der Waals surface area contributed by atoms with Crippen molar-refractivity contribution in [3.63, 3.8) is 0 Å². The molecule has 0 aliphatic rings. The van der Waals surface area contributed by atoms with Crippen LogP contribution in [0.3, 0.4) is 0 Å². The molecule has 18 heavy (non-hydrogen) atoms. The van der Waals surface area contributed by atoms with Crippen molar-refractivity contribution in [2.45, 2.75) is 13.3 Å². The van der Waals surface area contributed by atoms with Crippen LogP contribution in [-0.4, -0.2) is 32.4 Å². The third-order valence-corrected chi connectivity index (χ3v) is 2.64. The van der Waals surface area contributed by atoms with Gasteiger partial charge in [0.15, 0.2) is 5.82 Å². The van der Waals surface area contributed by atoms with Crippen molar-refractivity contribution in [3.05, 3.63) is 29.2 Å². The zero-order chi connectivity index (χ0) is 13.1. The van der Waals surface area contributed by atoms with E-state index in [0.717, 1.165) is 5.69 Å². The first kappa shape index (κ1) is 12.2. The Bertz CT molecular complexity index is 536. The Morgan fingerprint density at radius 2 is 2.39 bits per heavy atom. The fraction of sp³-hybridized carbons (Fsp3) is 0.364. The molecule has 0 aromatic carbocycles. The Labute approximate surface area is 104 Å². The van der Waals surface area contributed by atoms with Gasteiger partial charge in [-0.25, -0.2) is 0 Å². The molecule has 2 aromatic rings. The second-order valence-corrected chi connectivity index (χ2v) is 4.10. The number of nitrogen functional groups attached to an aromatic ring is 1. The average Bonchev–Trinajstić information content (AvgIpc) is 2.86. The molecule has 0 bridgehead atoms. The standard InChI is InChI=1S/C11H16N6O/c1-7-9(10(12)15-14-7)11(18)13-5-3-8-4-6-17(2)16-8/h4,6H,3,5H2,1-2H3,(H,13,18)(H3,12,14,15). The second-order valence-electron chi connectivity index (χ2n) is 4.10. The lowest BCUT2D eigenvalue weighted by Gasteiger charge is -2.03. The number of hydrogen-bond donors (Lipinski definition) is 3. The Kier molecular flexibility index (Phi) is 3.31. The molecule has 7 heteroatoms. The number of aromatic amines is 1. The molecule has 2 heterocycles. The molecule has 0 atom stereocenters. The molecule has 1 amide bonds. The van der Waals surface area contributed by atoms with Gasteiger partial charge in [0.1, 0.15) is 5.56 Å². The van der Waals surface area contributed by atoms with Crippen molar-refractivity contribution in [1.29, 1.82) is 0 Å². The van der Waals surface area contributed by atoms with E-state index in [1.54, 1.807) is 11.6 Å². The summed E-state index contributed by atoms with van der Waals surface area (Å²) in [6, 6.07) is 1.92. The van der Waals surface area contributed by atoms with Gasteiger partial charge >= 0.3 is 0 Å². The highest BCUT2D eigenvalue weighted by molar-refractivity contribution is 5.99. The van der Waals surface area contributed by atoms with E-state index in [-0.39, 0.29) is 11.7 Å².